The van der Waals surface area contributed by atoms with Gasteiger partial charge in [0.2, 0.25) is 18.6 Å². The van der Waals surface area contributed by atoms with Gasteiger partial charge in [-0.05, 0) is 24.4 Å². The van der Waals surface area contributed by atoms with Crippen LogP contribution in [0.25, 0.3) is 10.9 Å². The van der Waals surface area contributed by atoms with Gasteiger partial charge in [0.1, 0.15) is 0 Å². The Morgan fingerprint density at radius 2 is 1.81 bits per heavy atom. The third-order valence-corrected chi connectivity index (χ3v) is 5.81. The number of carbonyl (C=O) groups excluding carboxylic acids is 1. The zero-order valence-corrected chi connectivity index (χ0v) is 17.4. The second kappa shape index (κ2) is 7.99. The fourth-order valence-corrected chi connectivity index (χ4v) is 4.11. The Balaban J connectivity index is 1.27. The summed E-state index contributed by atoms with van der Waals surface area (Å²) in [6, 6.07) is 5.13. The van der Waals surface area contributed by atoms with E-state index in [9.17, 15) is 9.59 Å². The standard InChI is InChI=1S/C20H20N6O4S/c27-17(24-6-8-25(9-7-24)19-21-3-1-4-22-19)2-5-26-18(28)13-10-15-16(30-12-29-15)11-14(13)23-20(26)31/h1,3-4,10-11H,2,5-9,12H2,(H,23,31). The number of nitrogens with zero attached hydrogens (tertiary/aromatic N) is 5. The first-order valence-corrected chi connectivity index (χ1v) is 10.4. The van der Waals surface area contributed by atoms with Gasteiger partial charge in [-0.25, -0.2) is 9.97 Å². The molecule has 0 aliphatic carbocycles. The smallest absolute Gasteiger partial charge is 0.262 e. The number of hydrogen-bond acceptors (Lipinski definition) is 8. The maximum Gasteiger partial charge on any atom is 0.262 e. The van der Waals surface area contributed by atoms with Gasteiger partial charge in [0.05, 0.1) is 10.9 Å². The largest absolute Gasteiger partial charge is 0.454 e. The van der Waals surface area contributed by atoms with Gasteiger partial charge in [-0.15, -0.1) is 0 Å². The fraction of sp³-hybridized carbons (Fsp3) is 0.350. The van der Waals surface area contributed by atoms with E-state index in [4.69, 9.17) is 21.7 Å². The highest BCUT2D eigenvalue weighted by Crippen LogP contribution is 2.34. The number of nitrogens with one attached hydrogen (secondary N) is 1. The molecule has 1 N–H and O–H groups in total. The van der Waals surface area contributed by atoms with E-state index in [1.54, 1.807) is 35.5 Å². The van der Waals surface area contributed by atoms with Crippen molar-refractivity contribution >= 4 is 35.0 Å². The second-order valence-corrected chi connectivity index (χ2v) is 7.69. The van der Waals surface area contributed by atoms with Crippen LogP contribution >= 0.6 is 12.2 Å². The maximum atomic E-state index is 13.0. The highest BCUT2D eigenvalue weighted by atomic mass is 32.1. The molecule has 5 rings (SSSR count). The lowest BCUT2D eigenvalue weighted by atomic mass is 10.2. The number of H-pyrrole nitrogens is 1. The Morgan fingerprint density at radius 1 is 1.10 bits per heavy atom. The van der Waals surface area contributed by atoms with Gasteiger partial charge in [-0.3, -0.25) is 14.2 Å². The first-order chi connectivity index (χ1) is 15.1. The predicted octanol–water partition coefficient (Wildman–Crippen LogP) is 1.32. The molecule has 1 fully saturated rings. The molecule has 3 aromatic rings. The average Bonchev–Trinajstić information content (AvgIpc) is 3.26. The first-order valence-electron chi connectivity index (χ1n) is 9.96. The number of piperazine rings is 1. The summed E-state index contributed by atoms with van der Waals surface area (Å²) in [5, 5.41) is 0.446. The van der Waals surface area contributed by atoms with Gasteiger partial charge in [-0.1, -0.05) is 0 Å². The molecule has 0 radical (unpaired) electrons. The van der Waals surface area contributed by atoms with E-state index in [0.717, 1.165) is 0 Å². The van der Waals surface area contributed by atoms with E-state index in [2.05, 4.69) is 19.9 Å². The molecule has 0 bridgehead atoms. The molecule has 2 aliphatic heterocycles. The first kappa shape index (κ1) is 19.5. The van der Waals surface area contributed by atoms with Gasteiger partial charge < -0.3 is 24.3 Å². The van der Waals surface area contributed by atoms with Crippen LogP contribution in [0.1, 0.15) is 6.42 Å². The molecule has 1 saturated heterocycles. The molecule has 11 heteroatoms. The number of benzene rings is 1. The van der Waals surface area contributed by atoms with Crippen LogP contribution in [-0.4, -0.2) is 63.3 Å². The van der Waals surface area contributed by atoms with Crippen molar-refractivity contribution in [2.24, 2.45) is 0 Å². The van der Waals surface area contributed by atoms with Crippen molar-refractivity contribution in [2.75, 3.05) is 37.9 Å². The van der Waals surface area contributed by atoms with Crippen LogP contribution in [0.3, 0.4) is 0 Å². The van der Waals surface area contributed by atoms with Crippen LogP contribution in [0, 0.1) is 4.77 Å². The number of ether oxygens (including phenoxy) is 2. The van der Waals surface area contributed by atoms with E-state index in [0.29, 0.717) is 54.5 Å². The van der Waals surface area contributed by atoms with Crippen molar-refractivity contribution in [1.82, 2.24) is 24.4 Å². The van der Waals surface area contributed by atoms with Crippen molar-refractivity contribution in [1.29, 1.82) is 0 Å². The predicted molar refractivity (Wildman–Crippen MR) is 115 cm³/mol. The number of amides is 1. The summed E-state index contributed by atoms with van der Waals surface area (Å²) < 4.78 is 12.4. The molecule has 1 amide bonds. The van der Waals surface area contributed by atoms with Crippen LogP contribution in [0.2, 0.25) is 0 Å². The van der Waals surface area contributed by atoms with Gasteiger partial charge >= 0.3 is 0 Å². The number of carbonyl (C=O) groups is 1. The van der Waals surface area contributed by atoms with E-state index < -0.39 is 0 Å². The molecule has 1 aromatic carbocycles. The summed E-state index contributed by atoms with van der Waals surface area (Å²) in [4.78, 5) is 41.1. The molecule has 4 heterocycles. The summed E-state index contributed by atoms with van der Waals surface area (Å²) in [6.45, 7) is 2.83. The number of fused-ring (bicyclic) bond motifs is 2. The minimum absolute atomic E-state index is 0.0132. The third-order valence-electron chi connectivity index (χ3n) is 5.49. The molecule has 2 aromatic heterocycles. The average molecular weight is 440 g/mol. The van der Waals surface area contributed by atoms with E-state index in [1.165, 1.54) is 4.57 Å². The van der Waals surface area contributed by atoms with Crippen molar-refractivity contribution in [3.8, 4) is 11.5 Å². The third kappa shape index (κ3) is 3.72. The Hall–Kier alpha value is -3.47. The fourth-order valence-electron chi connectivity index (χ4n) is 3.82. The van der Waals surface area contributed by atoms with Crippen LogP contribution in [-0.2, 0) is 11.3 Å². The Kier molecular flexibility index (Phi) is 5.02. The lowest BCUT2D eigenvalue weighted by Crippen LogP contribution is -2.49. The zero-order valence-electron chi connectivity index (χ0n) is 16.6. The van der Waals surface area contributed by atoms with Gasteiger partial charge in [0.15, 0.2) is 16.3 Å². The Bertz CT molecular complexity index is 1250. The molecular formula is C20H20N6O4S. The normalized spacial score (nSPS) is 15.5. The molecule has 0 saturated carbocycles. The minimum atomic E-state index is -0.254. The molecular weight excluding hydrogens is 420 g/mol. The summed E-state index contributed by atoms with van der Waals surface area (Å²) in [6.07, 6.45) is 3.60. The molecule has 10 nitrogen and oxygen atoms in total. The van der Waals surface area contributed by atoms with Crippen molar-refractivity contribution in [3.63, 3.8) is 0 Å². The van der Waals surface area contributed by atoms with Crippen molar-refractivity contribution in [3.05, 3.63) is 45.7 Å². The molecule has 160 valence electrons. The highest BCUT2D eigenvalue weighted by molar-refractivity contribution is 7.71. The summed E-state index contributed by atoms with van der Waals surface area (Å²) >= 11 is 5.36. The van der Waals surface area contributed by atoms with Crippen molar-refractivity contribution in [2.45, 2.75) is 13.0 Å². The summed E-state index contributed by atoms with van der Waals surface area (Å²) in [5.41, 5.74) is 0.331. The number of aromatic nitrogens is 4. The number of aromatic amines is 1. The van der Waals surface area contributed by atoms with E-state index in [1.807, 2.05) is 0 Å². The van der Waals surface area contributed by atoms with E-state index >= 15 is 0 Å². The quantitative estimate of drug-likeness (QED) is 0.606. The molecule has 31 heavy (non-hydrogen) atoms. The van der Waals surface area contributed by atoms with Crippen LogP contribution in [0.5, 0.6) is 11.5 Å². The Labute approximate surface area is 182 Å². The zero-order chi connectivity index (χ0) is 21.4. The molecule has 2 aliphatic rings. The molecule has 0 unspecified atom stereocenters. The van der Waals surface area contributed by atoms with E-state index in [-0.39, 0.29) is 36.0 Å². The number of hydrogen-bond donors (Lipinski definition) is 1. The lowest BCUT2D eigenvalue weighted by molar-refractivity contribution is -0.131. The summed E-state index contributed by atoms with van der Waals surface area (Å²) in [5.74, 6) is 1.76. The van der Waals surface area contributed by atoms with Crippen LogP contribution in [0.4, 0.5) is 5.95 Å². The summed E-state index contributed by atoms with van der Waals surface area (Å²) in [7, 11) is 0. The van der Waals surface area contributed by atoms with Gasteiger partial charge in [0, 0.05) is 57.6 Å². The van der Waals surface area contributed by atoms with Gasteiger partial charge in [-0.2, -0.15) is 0 Å². The lowest BCUT2D eigenvalue weighted by Gasteiger charge is -2.34. The van der Waals surface area contributed by atoms with Crippen LogP contribution in [0.15, 0.2) is 35.4 Å². The number of anilines is 1. The molecule has 0 atom stereocenters. The maximum absolute atomic E-state index is 13.0. The van der Waals surface area contributed by atoms with Crippen LogP contribution < -0.4 is 19.9 Å². The Morgan fingerprint density at radius 3 is 2.55 bits per heavy atom. The topological polar surface area (TPSA) is 106 Å². The second-order valence-electron chi connectivity index (χ2n) is 7.30. The monoisotopic (exact) mass is 440 g/mol. The minimum Gasteiger partial charge on any atom is -0.454 e. The van der Waals surface area contributed by atoms with Gasteiger partial charge in [0.25, 0.3) is 5.56 Å². The number of rotatable bonds is 4. The SMILES string of the molecule is O=C(CCn1c(=S)[nH]c2cc3c(cc2c1=O)OCO3)N1CCN(c2ncccn2)CC1. The highest BCUT2D eigenvalue weighted by Gasteiger charge is 2.23. The molecule has 0 spiro atoms. The van der Waals surface area contributed by atoms with Crippen molar-refractivity contribution < 1.29 is 14.3 Å².